The first kappa shape index (κ1) is 22.9. The Morgan fingerprint density at radius 1 is 1.00 bits per heavy atom. The summed E-state index contributed by atoms with van der Waals surface area (Å²) in [7, 11) is 0. The predicted molar refractivity (Wildman–Crippen MR) is 121 cm³/mol. The number of β-amino-alcohol motifs (C(OH)–C–C–N with tert-alkyl or cyclic N) is 1. The number of aliphatic hydroxyl groups excluding tert-OH is 1. The van der Waals surface area contributed by atoms with E-state index in [0.717, 1.165) is 37.7 Å². The Kier molecular flexibility index (Phi) is 9.99. The van der Waals surface area contributed by atoms with Gasteiger partial charge in [-0.05, 0) is 36.4 Å². The van der Waals surface area contributed by atoms with Gasteiger partial charge in [0.2, 0.25) is 0 Å². The van der Waals surface area contributed by atoms with Crippen molar-refractivity contribution in [1.29, 1.82) is 0 Å². The summed E-state index contributed by atoms with van der Waals surface area (Å²) in [5, 5.41) is 10.3. The first-order valence-electron chi connectivity index (χ1n) is 9.81. The number of rotatable bonds is 9. The summed E-state index contributed by atoms with van der Waals surface area (Å²) in [5.41, 5.74) is 1.35. The van der Waals surface area contributed by atoms with E-state index < -0.39 is 6.10 Å². The van der Waals surface area contributed by atoms with Gasteiger partial charge in [-0.25, -0.2) is 0 Å². The molecule has 154 valence electrons. The van der Waals surface area contributed by atoms with E-state index in [0.29, 0.717) is 13.2 Å². The molecule has 0 aromatic heterocycles. The van der Waals surface area contributed by atoms with Crippen LogP contribution in [-0.4, -0.2) is 61.2 Å². The largest absolute Gasteiger partial charge is 0.491 e. The van der Waals surface area contributed by atoms with Crippen molar-refractivity contribution in [3.63, 3.8) is 0 Å². The third-order valence-corrected chi connectivity index (χ3v) is 5.96. The smallest absolute Gasteiger partial charge is 0.119 e. The van der Waals surface area contributed by atoms with Crippen LogP contribution in [0, 0.1) is 0 Å². The molecular formula is C22H31ClN2O2S. The quantitative estimate of drug-likeness (QED) is 0.613. The molecule has 1 fully saturated rings. The fraction of sp³-hybridized carbons (Fsp3) is 0.455. The molecule has 1 heterocycles. The zero-order valence-corrected chi connectivity index (χ0v) is 18.1. The number of thioether (sulfide) groups is 1. The maximum absolute atomic E-state index is 10.3. The van der Waals surface area contributed by atoms with E-state index in [1.807, 2.05) is 42.1 Å². The van der Waals surface area contributed by atoms with Crippen LogP contribution in [0.2, 0.25) is 0 Å². The molecule has 1 aliphatic heterocycles. The molecule has 2 aromatic carbocycles. The molecule has 4 nitrogen and oxygen atoms in total. The van der Waals surface area contributed by atoms with Crippen LogP contribution in [-0.2, 0) is 0 Å². The summed E-state index contributed by atoms with van der Waals surface area (Å²) >= 11 is 1.94. The van der Waals surface area contributed by atoms with E-state index in [2.05, 4.69) is 41.0 Å². The number of benzene rings is 2. The number of hydrogen-bond donors (Lipinski definition) is 1. The summed E-state index contributed by atoms with van der Waals surface area (Å²) in [5.74, 6) is 1.97. The van der Waals surface area contributed by atoms with E-state index in [4.69, 9.17) is 4.74 Å². The van der Waals surface area contributed by atoms with Crippen molar-refractivity contribution in [2.24, 2.45) is 0 Å². The molecule has 0 radical (unpaired) electrons. The molecule has 1 saturated heterocycles. The van der Waals surface area contributed by atoms with Gasteiger partial charge in [0.25, 0.3) is 0 Å². The molecule has 0 saturated carbocycles. The van der Waals surface area contributed by atoms with Crippen LogP contribution in [0.5, 0.6) is 5.75 Å². The lowest BCUT2D eigenvalue weighted by atomic mass is 10.2. The first-order chi connectivity index (χ1) is 13.3. The fourth-order valence-corrected chi connectivity index (χ4v) is 4.23. The van der Waals surface area contributed by atoms with Gasteiger partial charge in [0.05, 0.1) is 5.69 Å². The molecule has 0 bridgehead atoms. The SMILES string of the molecule is CCCSc1ccccc1N1CCN(CC(O)COc2ccccc2)CC1.Cl. The average Bonchev–Trinajstić information content (AvgIpc) is 2.72. The van der Waals surface area contributed by atoms with Crippen LogP contribution in [0.1, 0.15) is 13.3 Å². The van der Waals surface area contributed by atoms with Gasteiger partial charge in [0.15, 0.2) is 0 Å². The zero-order chi connectivity index (χ0) is 18.9. The highest BCUT2D eigenvalue weighted by Crippen LogP contribution is 2.31. The lowest BCUT2D eigenvalue weighted by Gasteiger charge is -2.37. The zero-order valence-electron chi connectivity index (χ0n) is 16.5. The van der Waals surface area contributed by atoms with Gasteiger partial charge in [-0.15, -0.1) is 24.2 Å². The maximum atomic E-state index is 10.3. The molecule has 28 heavy (non-hydrogen) atoms. The highest BCUT2D eigenvalue weighted by molar-refractivity contribution is 7.99. The van der Waals surface area contributed by atoms with E-state index in [1.165, 1.54) is 17.0 Å². The van der Waals surface area contributed by atoms with Crippen LogP contribution in [0.15, 0.2) is 59.5 Å². The predicted octanol–water partition coefficient (Wildman–Crippen LogP) is 4.17. The van der Waals surface area contributed by atoms with Gasteiger partial charge in [0, 0.05) is 37.6 Å². The monoisotopic (exact) mass is 422 g/mol. The Morgan fingerprint density at radius 3 is 2.39 bits per heavy atom. The number of piperazine rings is 1. The maximum Gasteiger partial charge on any atom is 0.119 e. The minimum absolute atomic E-state index is 0. The Labute approximate surface area is 179 Å². The van der Waals surface area contributed by atoms with Crippen LogP contribution in [0.3, 0.4) is 0 Å². The van der Waals surface area contributed by atoms with Gasteiger partial charge < -0.3 is 14.7 Å². The molecule has 3 rings (SSSR count). The Bertz CT molecular complexity index is 681. The fourth-order valence-electron chi connectivity index (χ4n) is 3.28. The number of ether oxygens (including phenoxy) is 1. The van der Waals surface area contributed by atoms with Crippen molar-refractivity contribution < 1.29 is 9.84 Å². The molecule has 6 heteroatoms. The second-order valence-corrected chi connectivity index (χ2v) is 8.02. The number of nitrogens with zero attached hydrogens (tertiary/aromatic N) is 2. The number of hydrogen-bond acceptors (Lipinski definition) is 5. The van der Waals surface area contributed by atoms with E-state index >= 15 is 0 Å². The van der Waals surface area contributed by atoms with Crippen LogP contribution in [0.25, 0.3) is 0 Å². The summed E-state index contributed by atoms with van der Waals surface area (Å²) in [4.78, 5) is 6.18. The lowest BCUT2D eigenvalue weighted by molar-refractivity contribution is 0.0663. The minimum atomic E-state index is -0.468. The third kappa shape index (κ3) is 6.89. The van der Waals surface area contributed by atoms with Crippen molar-refractivity contribution >= 4 is 29.9 Å². The number of anilines is 1. The summed E-state index contributed by atoms with van der Waals surface area (Å²) < 4.78 is 5.66. The molecule has 0 aliphatic carbocycles. The van der Waals surface area contributed by atoms with Crippen molar-refractivity contribution in [3.8, 4) is 5.75 Å². The Morgan fingerprint density at radius 2 is 1.68 bits per heavy atom. The molecule has 0 amide bonds. The highest BCUT2D eigenvalue weighted by atomic mass is 35.5. The van der Waals surface area contributed by atoms with E-state index in [1.54, 1.807) is 0 Å². The first-order valence-corrected chi connectivity index (χ1v) is 10.8. The van der Waals surface area contributed by atoms with Gasteiger partial charge >= 0.3 is 0 Å². The second kappa shape index (κ2) is 12.2. The topological polar surface area (TPSA) is 35.9 Å². The summed E-state index contributed by atoms with van der Waals surface area (Å²) in [6.07, 6.45) is 0.722. The van der Waals surface area contributed by atoms with Crippen molar-refractivity contribution in [1.82, 2.24) is 4.90 Å². The molecule has 1 unspecified atom stereocenters. The van der Waals surface area contributed by atoms with Crippen molar-refractivity contribution in [2.45, 2.75) is 24.3 Å². The van der Waals surface area contributed by atoms with Gasteiger partial charge in [-0.2, -0.15) is 0 Å². The molecule has 0 spiro atoms. The van der Waals surface area contributed by atoms with Crippen molar-refractivity contribution in [2.75, 3.05) is 50.0 Å². The van der Waals surface area contributed by atoms with E-state index in [9.17, 15) is 5.11 Å². The van der Waals surface area contributed by atoms with Gasteiger partial charge in [-0.3, -0.25) is 4.90 Å². The standard InChI is InChI=1S/C22H30N2O2S.ClH/c1-2-16-27-22-11-7-6-10-21(22)24-14-12-23(13-15-24)17-19(25)18-26-20-8-4-3-5-9-20;/h3-11,19,25H,2,12-18H2,1H3;1H. The van der Waals surface area contributed by atoms with Gasteiger partial charge in [-0.1, -0.05) is 37.3 Å². The van der Waals surface area contributed by atoms with Crippen molar-refractivity contribution in [3.05, 3.63) is 54.6 Å². The lowest BCUT2D eigenvalue weighted by Crippen LogP contribution is -2.49. The molecule has 2 aromatic rings. The van der Waals surface area contributed by atoms with Crippen LogP contribution >= 0.6 is 24.2 Å². The molecule has 1 aliphatic rings. The second-order valence-electron chi connectivity index (χ2n) is 6.88. The molecular weight excluding hydrogens is 392 g/mol. The van der Waals surface area contributed by atoms with Crippen LogP contribution in [0.4, 0.5) is 5.69 Å². The summed E-state index contributed by atoms with van der Waals surface area (Å²) in [6.45, 7) is 7.14. The van der Waals surface area contributed by atoms with Gasteiger partial charge in [0.1, 0.15) is 18.5 Å². The third-order valence-electron chi connectivity index (χ3n) is 4.69. The molecule has 1 atom stereocenters. The number of para-hydroxylation sites is 2. The Balaban J connectivity index is 0.00000280. The number of aliphatic hydroxyl groups is 1. The average molecular weight is 423 g/mol. The van der Waals surface area contributed by atoms with Crippen LogP contribution < -0.4 is 9.64 Å². The normalized spacial score (nSPS) is 15.7. The highest BCUT2D eigenvalue weighted by Gasteiger charge is 2.21. The summed E-state index contributed by atoms with van der Waals surface area (Å²) in [6, 6.07) is 18.4. The minimum Gasteiger partial charge on any atom is -0.491 e. The number of halogens is 1. The molecule has 1 N–H and O–H groups in total. The van der Waals surface area contributed by atoms with E-state index in [-0.39, 0.29) is 12.4 Å². The Hall–Kier alpha value is -1.40.